The first-order valence-corrected chi connectivity index (χ1v) is 2.63. The Bertz CT molecular complexity index is 92.4. The summed E-state index contributed by atoms with van der Waals surface area (Å²) in [5, 5.41) is 17.7. The lowest BCUT2D eigenvalue weighted by molar-refractivity contribution is 0.0388. The fourth-order valence-electron chi connectivity index (χ4n) is 0.869. The van der Waals surface area contributed by atoms with Gasteiger partial charge in [0, 0.05) is 6.42 Å². The fourth-order valence-corrected chi connectivity index (χ4v) is 0.869. The van der Waals surface area contributed by atoms with Gasteiger partial charge in [0.15, 0.2) is 0 Å². The lowest BCUT2D eigenvalue weighted by Crippen LogP contribution is -2.36. The van der Waals surface area contributed by atoms with Gasteiger partial charge in [-0.3, -0.25) is 0 Å². The van der Waals surface area contributed by atoms with Crippen molar-refractivity contribution >= 4 is 0 Å². The van der Waals surface area contributed by atoms with Gasteiger partial charge in [-0.25, -0.2) is 0 Å². The normalized spacial score (nSPS) is 47.6. The first kappa shape index (κ1) is 6.01. The van der Waals surface area contributed by atoms with Gasteiger partial charge in [-0.2, -0.15) is 0 Å². The van der Waals surface area contributed by atoms with Crippen molar-refractivity contribution in [2.24, 2.45) is 5.73 Å². The van der Waals surface area contributed by atoms with E-state index in [1.165, 1.54) is 0 Å². The smallest absolute Gasteiger partial charge is 0.116 e. The summed E-state index contributed by atoms with van der Waals surface area (Å²) in [7, 11) is 0. The van der Waals surface area contributed by atoms with E-state index in [1.54, 1.807) is 6.42 Å². The van der Waals surface area contributed by atoms with Gasteiger partial charge in [0.05, 0.1) is 6.10 Å². The number of aliphatic hydroxyl groups is 2. The molecule has 1 aliphatic carbocycles. The van der Waals surface area contributed by atoms with Crippen LogP contribution in [0.1, 0.15) is 12.8 Å². The molecule has 4 N–H and O–H groups in total. The summed E-state index contributed by atoms with van der Waals surface area (Å²) in [4.78, 5) is 0. The molecule has 3 heteroatoms. The van der Waals surface area contributed by atoms with Crippen LogP contribution in [0.3, 0.4) is 0 Å². The summed E-state index contributed by atoms with van der Waals surface area (Å²) in [6.45, 7) is 0. The third-order valence-corrected chi connectivity index (χ3v) is 1.31. The molecule has 8 heavy (non-hydrogen) atoms. The number of hydrogen-bond acceptors (Lipinski definition) is 3. The number of nitrogens with two attached hydrogens (primary N) is 1. The highest BCUT2D eigenvalue weighted by molar-refractivity contribution is 4.95. The van der Waals surface area contributed by atoms with Crippen LogP contribution >= 0.6 is 0 Å². The topological polar surface area (TPSA) is 66.5 Å². The maximum absolute atomic E-state index is 8.95. The van der Waals surface area contributed by atoms with Crippen LogP contribution in [0.25, 0.3) is 0 Å². The van der Waals surface area contributed by atoms with E-state index in [1.807, 2.05) is 0 Å². The zero-order chi connectivity index (χ0) is 6.20. The van der Waals surface area contributed by atoms with Crippen LogP contribution in [0.2, 0.25) is 0 Å². The molecule has 1 aliphatic rings. The summed E-state index contributed by atoms with van der Waals surface area (Å²) >= 11 is 0. The van der Waals surface area contributed by atoms with Crippen LogP contribution in [0.5, 0.6) is 0 Å². The van der Waals surface area contributed by atoms with Crippen LogP contribution < -0.4 is 5.73 Å². The molecule has 0 aromatic heterocycles. The predicted molar refractivity (Wildman–Crippen MR) is 28.7 cm³/mol. The molecule has 0 aliphatic heterocycles. The molecule has 1 saturated carbocycles. The van der Waals surface area contributed by atoms with Gasteiger partial charge in [0.2, 0.25) is 0 Å². The van der Waals surface area contributed by atoms with Crippen molar-refractivity contribution in [2.45, 2.75) is 24.7 Å². The molecule has 2 unspecified atom stereocenters. The van der Waals surface area contributed by atoms with E-state index >= 15 is 0 Å². The van der Waals surface area contributed by atoms with Gasteiger partial charge in [0.1, 0.15) is 5.72 Å². The predicted octanol–water partition coefficient (Wildman–Crippen LogP) is -1.01. The van der Waals surface area contributed by atoms with E-state index in [2.05, 4.69) is 0 Å². The molecule has 0 spiro atoms. The summed E-state index contributed by atoms with van der Waals surface area (Å²) < 4.78 is 0. The molecule has 47 valence electrons. The van der Waals surface area contributed by atoms with E-state index in [9.17, 15) is 0 Å². The molecule has 1 radical (unpaired) electrons. The minimum Gasteiger partial charge on any atom is -0.393 e. The summed E-state index contributed by atoms with van der Waals surface area (Å²) in [5.41, 5.74) is 4.09. The first-order valence-electron chi connectivity index (χ1n) is 2.63. The minimum absolute atomic E-state index is 0.271. The van der Waals surface area contributed by atoms with Crippen molar-refractivity contribution in [1.29, 1.82) is 0 Å². The third-order valence-electron chi connectivity index (χ3n) is 1.31. The van der Waals surface area contributed by atoms with Crippen molar-refractivity contribution in [3.8, 4) is 0 Å². The molecule has 0 saturated heterocycles. The Morgan fingerprint density at radius 1 is 1.75 bits per heavy atom. The Hall–Kier alpha value is -0.120. The minimum atomic E-state index is -1.14. The molecular formula is C5H10NO2. The van der Waals surface area contributed by atoms with E-state index < -0.39 is 11.8 Å². The second kappa shape index (κ2) is 1.69. The first-order chi connectivity index (χ1) is 3.60. The lowest BCUT2D eigenvalue weighted by Gasteiger charge is -2.13. The van der Waals surface area contributed by atoms with E-state index in [-0.39, 0.29) is 6.42 Å². The maximum Gasteiger partial charge on any atom is 0.116 e. The SMILES string of the molecule is NC1(O)C[CH]C(O)C1. The summed E-state index contributed by atoms with van der Waals surface area (Å²) in [5.74, 6) is 0. The van der Waals surface area contributed by atoms with Gasteiger partial charge >= 0.3 is 0 Å². The van der Waals surface area contributed by atoms with E-state index in [4.69, 9.17) is 15.9 Å². The molecule has 0 bridgehead atoms. The zero-order valence-corrected chi connectivity index (χ0v) is 4.54. The fraction of sp³-hybridized carbons (Fsp3) is 0.800. The van der Waals surface area contributed by atoms with Crippen LogP contribution in [0.4, 0.5) is 0 Å². The Morgan fingerprint density at radius 3 is 2.50 bits per heavy atom. The molecule has 1 fully saturated rings. The van der Waals surface area contributed by atoms with Gasteiger partial charge in [-0.05, 0) is 12.8 Å². The van der Waals surface area contributed by atoms with Crippen molar-refractivity contribution in [3.05, 3.63) is 6.42 Å². The number of rotatable bonds is 0. The van der Waals surface area contributed by atoms with Crippen LogP contribution in [0.15, 0.2) is 0 Å². The Balaban J connectivity index is 2.44. The molecule has 2 atom stereocenters. The highest BCUT2D eigenvalue weighted by Gasteiger charge is 2.32. The van der Waals surface area contributed by atoms with Gasteiger partial charge in [-0.15, -0.1) is 0 Å². The second-order valence-corrected chi connectivity index (χ2v) is 2.31. The maximum atomic E-state index is 8.95. The molecule has 0 amide bonds. The highest BCUT2D eigenvalue weighted by Crippen LogP contribution is 2.23. The molecule has 1 rings (SSSR count). The Morgan fingerprint density at radius 2 is 2.38 bits per heavy atom. The number of hydrogen-bond donors (Lipinski definition) is 3. The van der Waals surface area contributed by atoms with Crippen molar-refractivity contribution in [1.82, 2.24) is 0 Å². The molecule has 0 heterocycles. The van der Waals surface area contributed by atoms with Gasteiger partial charge in [-0.1, -0.05) is 0 Å². The van der Waals surface area contributed by atoms with Crippen molar-refractivity contribution < 1.29 is 10.2 Å². The molecule has 0 aromatic rings. The zero-order valence-electron chi connectivity index (χ0n) is 4.54. The molecule has 3 nitrogen and oxygen atoms in total. The monoisotopic (exact) mass is 116 g/mol. The Kier molecular flexibility index (Phi) is 1.27. The molecule has 0 aromatic carbocycles. The third kappa shape index (κ3) is 1.18. The average molecular weight is 116 g/mol. The van der Waals surface area contributed by atoms with Crippen molar-refractivity contribution in [2.75, 3.05) is 0 Å². The van der Waals surface area contributed by atoms with Gasteiger partial charge in [0.25, 0.3) is 0 Å². The van der Waals surface area contributed by atoms with Gasteiger partial charge < -0.3 is 15.9 Å². The summed E-state index contributed by atoms with van der Waals surface area (Å²) in [6.07, 6.45) is 1.77. The van der Waals surface area contributed by atoms with Crippen LogP contribution in [-0.4, -0.2) is 22.0 Å². The average Bonchev–Trinajstić information content (AvgIpc) is 1.82. The highest BCUT2D eigenvalue weighted by atomic mass is 16.3. The quantitative estimate of drug-likeness (QED) is 0.355. The summed E-state index contributed by atoms with van der Waals surface area (Å²) in [6, 6.07) is 0. The second-order valence-electron chi connectivity index (χ2n) is 2.31. The number of aliphatic hydroxyl groups excluding tert-OH is 1. The Labute approximate surface area is 48.1 Å². The largest absolute Gasteiger partial charge is 0.393 e. The van der Waals surface area contributed by atoms with E-state index in [0.29, 0.717) is 6.42 Å². The van der Waals surface area contributed by atoms with Crippen LogP contribution in [-0.2, 0) is 0 Å². The van der Waals surface area contributed by atoms with Crippen LogP contribution in [0, 0.1) is 6.42 Å². The van der Waals surface area contributed by atoms with Crippen molar-refractivity contribution in [3.63, 3.8) is 0 Å². The van der Waals surface area contributed by atoms with E-state index in [0.717, 1.165) is 0 Å². The standard InChI is InChI=1S/C5H10NO2/c6-5(8)2-1-4(7)3-5/h1,4,7-8H,2-3,6H2. The lowest BCUT2D eigenvalue weighted by atomic mass is 10.2. The molecular weight excluding hydrogens is 106 g/mol.